The zero-order chi connectivity index (χ0) is 5.91. The minimum atomic E-state index is -3.67. The van der Waals surface area contributed by atoms with Crippen LogP contribution in [0.25, 0.3) is 0 Å². The molecule has 0 nitrogen and oxygen atoms in total. The van der Waals surface area contributed by atoms with Crippen molar-refractivity contribution in [2.45, 2.75) is 5.92 Å². The van der Waals surface area contributed by atoms with E-state index in [1.165, 1.54) is 0 Å². The maximum absolute atomic E-state index is 11.2. The summed E-state index contributed by atoms with van der Waals surface area (Å²) in [7, 11) is 0. The molecular weight excluding hydrogens is 105 g/mol. The van der Waals surface area contributed by atoms with Crippen LogP contribution in [0.4, 0.5) is 13.2 Å². The van der Waals surface area contributed by atoms with Crippen molar-refractivity contribution in [2.24, 2.45) is 0 Å². The molecule has 0 bridgehead atoms. The van der Waals surface area contributed by atoms with Gasteiger partial charge in [-0.2, -0.15) is 8.78 Å². The molecule has 1 radical (unpaired) electrons. The number of rotatable bonds is 1. The van der Waals surface area contributed by atoms with Gasteiger partial charge in [-0.25, -0.2) is 4.39 Å². The molecule has 0 fully saturated rings. The fourth-order valence-corrected chi connectivity index (χ4v) is 0.0334. The number of hydrogen-bond donors (Lipinski definition) is 0. The van der Waals surface area contributed by atoms with Crippen molar-refractivity contribution in [1.82, 2.24) is 0 Å². The third-order valence-corrected chi connectivity index (χ3v) is 0.351. The van der Waals surface area contributed by atoms with Gasteiger partial charge in [-0.15, -0.1) is 0 Å². The molecule has 0 N–H and O–H groups in total. The molecule has 0 saturated heterocycles. The molecule has 0 aromatic rings. The second-order valence-corrected chi connectivity index (χ2v) is 0.963. The van der Waals surface area contributed by atoms with Crippen LogP contribution in [0.3, 0.4) is 0 Å². The monoisotopic (exact) mass is 107 g/mol. The van der Waals surface area contributed by atoms with E-state index in [-0.39, 0.29) is 0 Å². The Balaban J connectivity index is 3.66. The average Bonchev–Trinajstić information content (AvgIpc) is 1.68. The molecule has 39 valence electrons. The number of hydrogen-bond acceptors (Lipinski definition) is 0. The molecule has 0 aromatic carbocycles. The normalized spacial score (nSPS) is 10.6. The van der Waals surface area contributed by atoms with Crippen LogP contribution in [0.1, 0.15) is 0 Å². The molecule has 0 atom stereocenters. The average molecular weight is 107 g/mol. The highest BCUT2D eigenvalue weighted by Crippen LogP contribution is 2.10. The Kier molecular flexibility index (Phi) is 1.70. The molecule has 7 heavy (non-hydrogen) atoms. The summed E-state index contributed by atoms with van der Waals surface area (Å²) >= 11 is 0. The highest BCUT2D eigenvalue weighted by molar-refractivity contribution is 4.94. The topological polar surface area (TPSA) is 0 Å². The van der Waals surface area contributed by atoms with Gasteiger partial charge in [0, 0.05) is 0 Å². The SMILES string of the molecule is [C]#CC(F)(F)CF. The fourth-order valence-electron chi connectivity index (χ4n) is 0.0334. The predicted octanol–water partition coefficient (Wildman–Crippen LogP) is 1.18. The van der Waals surface area contributed by atoms with Crippen LogP contribution >= 0.6 is 0 Å². The minimum absolute atomic E-state index is 0.733. The second-order valence-electron chi connectivity index (χ2n) is 0.963. The van der Waals surface area contributed by atoms with E-state index >= 15 is 0 Å². The number of alkyl halides is 3. The van der Waals surface area contributed by atoms with Gasteiger partial charge in [-0.3, -0.25) is 0 Å². The standard InChI is InChI=1S/C4H2F3/c1-2-4(6,7)3-5/h3H2. The van der Waals surface area contributed by atoms with Gasteiger partial charge in [0.2, 0.25) is 0 Å². The third-order valence-electron chi connectivity index (χ3n) is 0.351. The lowest BCUT2D eigenvalue weighted by molar-refractivity contribution is 0.0377. The van der Waals surface area contributed by atoms with Gasteiger partial charge in [0.1, 0.15) is 0 Å². The molecule has 0 spiro atoms. The van der Waals surface area contributed by atoms with Crippen LogP contribution in [-0.4, -0.2) is 12.6 Å². The summed E-state index contributed by atoms with van der Waals surface area (Å²) in [4.78, 5) is 0. The molecule has 0 aliphatic rings. The Hall–Kier alpha value is -0.650. The molecule has 0 aromatic heterocycles. The van der Waals surface area contributed by atoms with Crippen molar-refractivity contribution in [3.8, 4) is 5.92 Å². The first kappa shape index (κ1) is 6.35. The molecule has 0 aliphatic heterocycles. The molecule has 0 heterocycles. The van der Waals surface area contributed by atoms with Crippen molar-refractivity contribution < 1.29 is 13.2 Å². The first-order chi connectivity index (χ1) is 3.12. The van der Waals surface area contributed by atoms with Gasteiger partial charge >= 0.3 is 5.92 Å². The zero-order valence-corrected chi connectivity index (χ0v) is 3.34. The Bertz CT molecular complexity index is 89.6. The van der Waals surface area contributed by atoms with Crippen molar-refractivity contribution in [3.63, 3.8) is 0 Å². The Morgan fingerprint density at radius 2 is 2.00 bits per heavy atom. The van der Waals surface area contributed by atoms with E-state index in [0.29, 0.717) is 0 Å². The third kappa shape index (κ3) is 2.10. The smallest absolute Gasteiger partial charge is 0.243 e. The largest absolute Gasteiger partial charge is 0.336 e. The lowest BCUT2D eigenvalue weighted by atomic mass is 10.4. The summed E-state index contributed by atoms with van der Waals surface area (Å²) in [6.45, 7) is -1.84. The predicted molar refractivity (Wildman–Crippen MR) is 18.1 cm³/mol. The first-order valence-electron chi connectivity index (χ1n) is 1.50. The van der Waals surface area contributed by atoms with E-state index in [1.807, 2.05) is 0 Å². The molecule has 0 saturated carbocycles. The van der Waals surface area contributed by atoms with E-state index in [1.54, 1.807) is 0 Å². The van der Waals surface area contributed by atoms with Crippen LogP contribution in [-0.2, 0) is 0 Å². The van der Waals surface area contributed by atoms with E-state index in [9.17, 15) is 13.2 Å². The van der Waals surface area contributed by atoms with Gasteiger partial charge in [0.25, 0.3) is 0 Å². The van der Waals surface area contributed by atoms with Crippen LogP contribution in [0.15, 0.2) is 0 Å². The molecule has 3 heteroatoms. The second kappa shape index (κ2) is 1.87. The summed E-state index contributed by atoms with van der Waals surface area (Å²) in [5.74, 6) is -2.93. The van der Waals surface area contributed by atoms with Crippen LogP contribution in [0.2, 0.25) is 0 Å². The maximum atomic E-state index is 11.2. The Labute approximate surface area is 39.3 Å². The van der Waals surface area contributed by atoms with Crippen LogP contribution < -0.4 is 0 Å². The summed E-state index contributed by atoms with van der Waals surface area (Å²) in [6, 6.07) is 0. The fraction of sp³-hybridized carbons (Fsp3) is 0.500. The maximum Gasteiger partial charge on any atom is 0.336 e. The van der Waals surface area contributed by atoms with E-state index in [4.69, 9.17) is 6.42 Å². The van der Waals surface area contributed by atoms with Gasteiger partial charge in [-0.05, 0) is 12.3 Å². The van der Waals surface area contributed by atoms with Gasteiger partial charge < -0.3 is 0 Å². The molecule has 0 aliphatic carbocycles. The zero-order valence-electron chi connectivity index (χ0n) is 3.34. The van der Waals surface area contributed by atoms with Gasteiger partial charge in [0.15, 0.2) is 6.67 Å². The molecule has 0 rings (SSSR count). The lowest BCUT2D eigenvalue weighted by Gasteiger charge is -1.98. The quantitative estimate of drug-likeness (QED) is 0.441. The number of halogens is 3. The van der Waals surface area contributed by atoms with E-state index < -0.39 is 12.6 Å². The summed E-state index contributed by atoms with van der Waals surface area (Å²) in [6.07, 6.45) is 5.77. The molecule has 0 unspecified atom stereocenters. The van der Waals surface area contributed by atoms with Crippen molar-refractivity contribution in [3.05, 3.63) is 6.42 Å². The van der Waals surface area contributed by atoms with Crippen molar-refractivity contribution >= 4 is 0 Å². The first-order valence-corrected chi connectivity index (χ1v) is 1.50. The van der Waals surface area contributed by atoms with Crippen LogP contribution in [0, 0.1) is 12.3 Å². The Morgan fingerprint density at radius 3 is 2.00 bits per heavy atom. The van der Waals surface area contributed by atoms with Gasteiger partial charge in [0.05, 0.1) is 0 Å². The van der Waals surface area contributed by atoms with Crippen LogP contribution in [0.5, 0.6) is 0 Å². The van der Waals surface area contributed by atoms with E-state index in [2.05, 4.69) is 0 Å². The van der Waals surface area contributed by atoms with Crippen molar-refractivity contribution in [2.75, 3.05) is 6.67 Å². The molecular formula is C4H2F3. The van der Waals surface area contributed by atoms with E-state index in [0.717, 1.165) is 5.92 Å². The summed E-state index contributed by atoms with van der Waals surface area (Å²) < 4.78 is 33.3. The van der Waals surface area contributed by atoms with Gasteiger partial charge in [-0.1, -0.05) is 0 Å². The highest BCUT2D eigenvalue weighted by atomic mass is 19.3. The molecule has 0 amide bonds. The summed E-state index contributed by atoms with van der Waals surface area (Å²) in [5, 5.41) is 0. The summed E-state index contributed by atoms with van der Waals surface area (Å²) in [5.41, 5.74) is 0. The minimum Gasteiger partial charge on any atom is -0.243 e. The van der Waals surface area contributed by atoms with Crippen molar-refractivity contribution in [1.29, 1.82) is 0 Å². The Morgan fingerprint density at radius 1 is 1.57 bits per heavy atom. The highest BCUT2D eigenvalue weighted by Gasteiger charge is 2.24. The lowest BCUT2D eigenvalue weighted by Crippen LogP contribution is -2.14.